The number of rotatable bonds is 2. The summed E-state index contributed by atoms with van der Waals surface area (Å²) in [4.78, 5) is 3.54. The molecule has 5 aromatic rings. The molecule has 5 aliphatic rings. The Kier molecular flexibility index (Phi) is 4.42. The van der Waals surface area contributed by atoms with Crippen molar-refractivity contribution in [2.45, 2.75) is 63.2 Å². The first kappa shape index (κ1) is 22.8. The Balaban J connectivity index is 1.13. The van der Waals surface area contributed by atoms with Crippen molar-refractivity contribution in [3.05, 3.63) is 94.5 Å². The second-order valence-electron chi connectivity index (χ2n) is 13.9. The van der Waals surface area contributed by atoms with Gasteiger partial charge in [0.15, 0.2) is 0 Å². The van der Waals surface area contributed by atoms with Gasteiger partial charge in [-0.1, -0.05) is 61.8 Å². The molecule has 0 atom stereocenters. The molecule has 1 aromatic heterocycles. The first-order chi connectivity index (χ1) is 18.9. The number of fused-ring (bicyclic) bond motifs is 6. The molecule has 0 amide bonds. The summed E-state index contributed by atoms with van der Waals surface area (Å²) >= 11 is 6.36. The Morgan fingerprint density at radius 3 is 1.92 bits per heavy atom. The first-order valence-electron chi connectivity index (χ1n) is 14.9. The van der Waals surface area contributed by atoms with Crippen LogP contribution in [0, 0.1) is 17.8 Å². The van der Waals surface area contributed by atoms with Gasteiger partial charge in [0.05, 0.1) is 0 Å². The summed E-state index contributed by atoms with van der Waals surface area (Å²) in [6, 6.07) is 27.7. The molecule has 0 unspecified atom stereocenters. The maximum Gasteiger partial charge on any atom is 0.0465 e. The van der Waals surface area contributed by atoms with Crippen LogP contribution < -0.4 is 0 Å². The quantitative estimate of drug-likeness (QED) is 0.235. The molecule has 4 bridgehead atoms. The molecular formula is C37H34ClN. The SMILES string of the molecule is CC1(C)c2cc(-c3ccc4[nH]c5ccc(Cl)cc5c4c3)ccc2-c2ccc(C34CC5CC(CC(C5)C3)C4)cc21. The summed E-state index contributed by atoms with van der Waals surface area (Å²) in [5, 5.41) is 3.19. The van der Waals surface area contributed by atoms with E-state index < -0.39 is 0 Å². The van der Waals surface area contributed by atoms with Crippen molar-refractivity contribution < 1.29 is 0 Å². The Labute approximate surface area is 235 Å². The fourth-order valence-electron chi connectivity index (χ4n) is 9.76. The minimum absolute atomic E-state index is 0.00259. The van der Waals surface area contributed by atoms with Gasteiger partial charge < -0.3 is 4.98 Å². The fraction of sp³-hybridized carbons (Fsp3) is 0.351. The van der Waals surface area contributed by atoms with Gasteiger partial charge in [-0.2, -0.15) is 0 Å². The maximum absolute atomic E-state index is 6.36. The summed E-state index contributed by atoms with van der Waals surface area (Å²) in [6.07, 6.45) is 8.79. The monoisotopic (exact) mass is 527 g/mol. The van der Waals surface area contributed by atoms with Crippen LogP contribution in [0.15, 0.2) is 72.8 Å². The number of nitrogens with one attached hydrogen (secondary N) is 1. The van der Waals surface area contributed by atoms with E-state index in [1.807, 2.05) is 6.07 Å². The van der Waals surface area contributed by atoms with Crippen LogP contribution in [0.5, 0.6) is 0 Å². The first-order valence-corrected chi connectivity index (χ1v) is 15.3. The molecule has 39 heavy (non-hydrogen) atoms. The molecule has 5 aliphatic carbocycles. The number of hydrogen-bond acceptors (Lipinski definition) is 0. The molecule has 2 heteroatoms. The predicted octanol–water partition coefficient (Wildman–Crippen LogP) is 10.4. The molecule has 4 saturated carbocycles. The van der Waals surface area contributed by atoms with Crippen molar-refractivity contribution >= 4 is 33.4 Å². The van der Waals surface area contributed by atoms with Gasteiger partial charge in [0.2, 0.25) is 0 Å². The molecule has 4 fully saturated rings. The molecule has 1 N–H and O–H groups in total. The predicted molar refractivity (Wildman–Crippen MR) is 164 cm³/mol. The number of benzene rings is 4. The van der Waals surface area contributed by atoms with E-state index in [-0.39, 0.29) is 5.41 Å². The number of halogens is 1. The third-order valence-electron chi connectivity index (χ3n) is 11.2. The third-order valence-corrected chi connectivity index (χ3v) is 11.5. The lowest BCUT2D eigenvalue weighted by molar-refractivity contribution is -0.00522. The summed E-state index contributed by atoms with van der Waals surface area (Å²) in [5.41, 5.74) is 12.8. The van der Waals surface area contributed by atoms with Gasteiger partial charge in [0.25, 0.3) is 0 Å². The zero-order valence-corrected chi connectivity index (χ0v) is 23.5. The minimum atomic E-state index is -0.00259. The van der Waals surface area contributed by atoms with E-state index in [0.29, 0.717) is 5.41 Å². The van der Waals surface area contributed by atoms with Crippen LogP contribution in [-0.2, 0) is 10.8 Å². The summed E-state index contributed by atoms with van der Waals surface area (Å²) < 4.78 is 0. The van der Waals surface area contributed by atoms with Gasteiger partial charge in [-0.05, 0) is 137 Å². The normalized spacial score (nSPS) is 27.8. The standard InChI is InChI=1S/C37H34ClN/c1-36(2)32-15-25(24-4-9-34-30(14-24)31-17-27(38)6-10-35(31)39-34)3-7-28(32)29-8-5-26(16-33(29)36)37-18-21-11-22(19-37)13-23(12-21)20-37/h3-10,14-17,21-23,39H,11-13,18-20H2,1-2H3. The van der Waals surface area contributed by atoms with E-state index in [0.717, 1.165) is 33.8 Å². The van der Waals surface area contributed by atoms with Crippen LogP contribution in [0.2, 0.25) is 5.02 Å². The second kappa shape index (κ2) is 7.58. The Hall–Kier alpha value is -3.03. The average molecular weight is 528 g/mol. The van der Waals surface area contributed by atoms with Crippen LogP contribution in [0.1, 0.15) is 69.1 Å². The van der Waals surface area contributed by atoms with E-state index in [9.17, 15) is 0 Å². The lowest BCUT2D eigenvalue weighted by Gasteiger charge is -2.57. The van der Waals surface area contributed by atoms with Gasteiger partial charge >= 0.3 is 0 Å². The zero-order valence-electron chi connectivity index (χ0n) is 22.8. The molecule has 10 rings (SSSR count). The van der Waals surface area contributed by atoms with Gasteiger partial charge in [-0.15, -0.1) is 0 Å². The van der Waals surface area contributed by atoms with Crippen LogP contribution in [0.3, 0.4) is 0 Å². The lowest BCUT2D eigenvalue weighted by atomic mass is 9.48. The fourth-order valence-corrected chi connectivity index (χ4v) is 9.93. The van der Waals surface area contributed by atoms with Crippen molar-refractivity contribution in [1.29, 1.82) is 0 Å². The van der Waals surface area contributed by atoms with Gasteiger partial charge in [0.1, 0.15) is 0 Å². The average Bonchev–Trinajstić information content (AvgIpc) is 3.39. The number of H-pyrrole nitrogens is 1. The van der Waals surface area contributed by atoms with Gasteiger partial charge in [-0.25, -0.2) is 0 Å². The van der Waals surface area contributed by atoms with Crippen LogP contribution in [-0.4, -0.2) is 4.98 Å². The van der Waals surface area contributed by atoms with Gasteiger partial charge in [-0.3, -0.25) is 0 Å². The Morgan fingerprint density at radius 2 is 1.21 bits per heavy atom. The Bertz CT molecular complexity index is 1800. The summed E-state index contributed by atoms with van der Waals surface area (Å²) in [5.74, 6) is 2.92. The number of aromatic amines is 1. The molecular weight excluding hydrogens is 494 g/mol. The van der Waals surface area contributed by atoms with E-state index in [1.54, 1.807) is 5.56 Å². The van der Waals surface area contributed by atoms with Crippen molar-refractivity contribution in [3.63, 3.8) is 0 Å². The van der Waals surface area contributed by atoms with Crippen LogP contribution >= 0.6 is 11.6 Å². The van der Waals surface area contributed by atoms with E-state index in [1.165, 1.54) is 82.7 Å². The highest BCUT2D eigenvalue weighted by Crippen LogP contribution is 2.61. The van der Waals surface area contributed by atoms with E-state index in [2.05, 4.69) is 85.6 Å². The smallest absolute Gasteiger partial charge is 0.0465 e. The largest absolute Gasteiger partial charge is 0.355 e. The highest BCUT2D eigenvalue weighted by molar-refractivity contribution is 6.31. The summed E-state index contributed by atoms with van der Waals surface area (Å²) in [7, 11) is 0. The number of hydrogen-bond donors (Lipinski definition) is 1. The minimum Gasteiger partial charge on any atom is -0.355 e. The molecule has 1 heterocycles. The Morgan fingerprint density at radius 1 is 0.641 bits per heavy atom. The van der Waals surface area contributed by atoms with Crippen molar-refractivity contribution in [3.8, 4) is 22.3 Å². The second-order valence-corrected chi connectivity index (χ2v) is 14.4. The lowest BCUT2D eigenvalue weighted by Crippen LogP contribution is -2.48. The van der Waals surface area contributed by atoms with Crippen molar-refractivity contribution in [2.75, 3.05) is 0 Å². The van der Waals surface area contributed by atoms with E-state index >= 15 is 0 Å². The van der Waals surface area contributed by atoms with Gasteiger partial charge in [0, 0.05) is 32.2 Å². The van der Waals surface area contributed by atoms with E-state index in [4.69, 9.17) is 11.6 Å². The third kappa shape index (κ3) is 3.14. The zero-order chi connectivity index (χ0) is 26.1. The van der Waals surface area contributed by atoms with Crippen molar-refractivity contribution in [2.24, 2.45) is 17.8 Å². The molecule has 194 valence electrons. The van der Waals surface area contributed by atoms with Crippen LogP contribution in [0.25, 0.3) is 44.1 Å². The topological polar surface area (TPSA) is 15.8 Å². The molecule has 0 radical (unpaired) electrons. The highest BCUT2D eigenvalue weighted by Gasteiger charge is 2.52. The highest BCUT2D eigenvalue weighted by atomic mass is 35.5. The van der Waals surface area contributed by atoms with Crippen LogP contribution in [0.4, 0.5) is 0 Å². The molecule has 0 saturated heterocycles. The maximum atomic E-state index is 6.36. The molecule has 0 spiro atoms. The molecule has 0 aliphatic heterocycles. The molecule has 1 nitrogen and oxygen atoms in total. The van der Waals surface area contributed by atoms with Crippen molar-refractivity contribution in [1.82, 2.24) is 4.98 Å². The number of aromatic nitrogens is 1. The summed E-state index contributed by atoms with van der Waals surface area (Å²) in [6.45, 7) is 4.88. The molecule has 4 aromatic carbocycles.